The molecule has 2 heterocycles. The molecular formula is C12H19NO. The van der Waals surface area contributed by atoms with Crippen molar-refractivity contribution in [3.63, 3.8) is 0 Å². The van der Waals surface area contributed by atoms with Gasteiger partial charge in [-0.25, -0.2) is 0 Å². The lowest BCUT2D eigenvalue weighted by atomic mass is 9.89. The second-order valence-electron chi connectivity index (χ2n) is 4.61. The van der Waals surface area contributed by atoms with Crippen LogP contribution in [0.2, 0.25) is 0 Å². The van der Waals surface area contributed by atoms with Crippen molar-refractivity contribution in [2.75, 3.05) is 6.54 Å². The normalized spacial score (nSPS) is 28.6. The van der Waals surface area contributed by atoms with Crippen LogP contribution in [0.4, 0.5) is 0 Å². The van der Waals surface area contributed by atoms with Crippen LogP contribution in [0.3, 0.4) is 0 Å². The van der Waals surface area contributed by atoms with Crippen molar-refractivity contribution in [3.05, 3.63) is 24.2 Å². The van der Waals surface area contributed by atoms with Crippen LogP contribution >= 0.6 is 0 Å². The summed E-state index contributed by atoms with van der Waals surface area (Å²) < 4.78 is 5.10. The number of hydrogen-bond donors (Lipinski definition) is 1. The van der Waals surface area contributed by atoms with E-state index in [9.17, 15) is 0 Å². The number of rotatable bonds is 2. The molecule has 2 rings (SSSR count). The molecule has 0 amide bonds. The molecule has 0 aliphatic carbocycles. The summed E-state index contributed by atoms with van der Waals surface area (Å²) in [6, 6.07) is 2.07. The van der Waals surface area contributed by atoms with E-state index in [1.165, 1.54) is 31.2 Å². The molecule has 1 saturated heterocycles. The number of nitrogens with one attached hydrogen (secondary N) is 1. The molecule has 2 heteroatoms. The lowest BCUT2D eigenvalue weighted by Crippen LogP contribution is -2.43. The lowest BCUT2D eigenvalue weighted by molar-refractivity contribution is 0.344. The molecule has 0 aromatic carbocycles. The monoisotopic (exact) mass is 193 g/mol. The van der Waals surface area contributed by atoms with Crippen LogP contribution in [-0.2, 0) is 6.42 Å². The molecule has 1 unspecified atom stereocenters. The highest BCUT2D eigenvalue weighted by molar-refractivity contribution is 5.10. The Hall–Kier alpha value is -0.760. The van der Waals surface area contributed by atoms with E-state index < -0.39 is 0 Å². The van der Waals surface area contributed by atoms with Crippen LogP contribution in [0.1, 0.15) is 38.2 Å². The van der Waals surface area contributed by atoms with Crippen molar-refractivity contribution in [3.8, 4) is 0 Å². The van der Waals surface area contributed by atoms with Gasteiger partial charge in [-0.3, -0.25) is 0 Å². The summed E-state index contributed by atoms with van der Waals surface area (Å²) in [6.45, 7) is 3.49. The van der Waals surface area contributed by atoms with Crippen LogP contribution < -0.4 is 5.32 Å². The summed E-state index contributed by atoms with van der Waals surface area (Å²) in [5.41, 5.74) is 1.59. The second-order valence-corrected chi connectivity index (χ2v) is 4.61. The Bertz CT molecular complexity index is 258. The molecule has 1 aromatic heterocycles. The van der Waals surface area contributed by atoms with E-state index in [1.54, 1.807) is 6.26 Å². The minimum absolute atomic E-state index is 0.278. The van der Waals surface area contributed by atoms with Gasteiger partial charge in [-0.05, 0) is 44.4 Å². The van der Waals surface area contributed by atoms with Gasteiger partial charge in [0.2, 0.25) is 0 Å². The number of furan rings is 1. The Morgan fingerprint density at radius 2 is 2.36 bits per heavy atom. The standard InChI is InChI=1S/C12H19NO/c1-12(6-3-2-4-7-13-12)9-11-5-8-14-10-11/h5,8,10,13H,2-4,6-7,9H2,1H3. The summed E-state index contributed by atoms with van der Waals surface area (Å²) in [5, 5.41) is 3.65. The summed E-state index contributed by atoms with van der Waals surface area (Å²) >= 11 is 0. The van der Waals surface area contributed by atoms with Crippen molar-refractivity contribution in [1.82, 2.24) is 5.32 Å². The zero-order valence-electron chi connectivity index (χ0n) is 8.88. The van der Waals surface area contributed by atoms with E-state index in [-0.39, 0.29) is 5.54 Å². The average molecular weight is 193 g/mol. The Labute approximate surface area is 85.7 Å². The van der Waals surface area contributed by atoms with Gasteiger partial charge in [0, 0.05) is 5.54 Å². The van der Waals surface area contributed by atoms with Crippen LogP contribution in [0.15, 0.2) is 23.0 Å². The van der Waals surface area contributed by atoms with Gasteiger partial charge in [-0.1, -0.05) is 12.8 Å². The highest BCUT2D eigenvalue weighted by atomic mass is 16.3. The first-order valence-electron chi connectivity index (χ1n) is 5.55. The van der Waals surface area contributed by atoms with E-state index in [4.69, 9.17) is 4.42 Å². The highest BCUT2D eigenvalue weighted by Gasteiger charge is 2.25. The minimum Gasteiger partial charge on any atom is -0.472 e. The topological polar surface area (TPSA) is 25.2 Å². The molecule has 1 atom stereocenters. The Morgan fingerprint density at radius 3 is 3.14 bits per heavy atom. The van der Waals surface area contributed by atoms with E-state index in [1.807, 2.05) is 6.26 Å². The van der Waals surface area contributed by atoms with Crippen molar-refractivity contribution < 1.29 is 4.42 Å². The van der Waals surface area contributed by atoms with Crippen LogP contribution in [0.5, 0.6) is 0 Å². The highest BCUT2D eigenvalue weighted by Crippen LogP contribution is 2.23. The molecular weight excluding hydrogens is 174 g/mol. The predicted octanol–water partition coefficient (Wildman–Crippen LogP) is 2.74. The van der Waals surface area contributed by atoms with Crippen molar-refractivity contribution in [2.24, 2.45) is 0 Å². The molecule has 78 valence electrons. The molecule has 2 nitrogen and oxygen atoms in total. The first kappa shape index (κ1) is 9.78. The van der Waals surface area contributed by atoms with Gasteiger partial charge in [0.25, 0.3) is 0 Å². The molecule has 1 aliphatic rings. The maximum absolute atomic E-state index is 5.10. The summed E-state index contributed by atoms with van der Waals surface area (Å²) in [7, 11) is 0. The first-order valence-corrected chi connectivity index (χ1v) is 5.55. The summed E-state index contributed by atoms with van der Waals surface area (Å²) in [4.78, 5) is 0. The zero-order valence-corrected chi connectivity index (χ0v) is 8.88. The maximum Gasteiger partial charge on any atom is 0.0935 e. The fourth-order valence-corrected chi connectivity index (χ4v) is 2.29. The molecule has 1 aromatic rings. The van der Waals surface area contributed by atoms with Crippen molar-refractivity contribution in [2.45, 2.75) is 44.6 Å². The van der Waals surface area contributed by atoms with Gasteiger partial charge in [0.05, 0.1) is 12.5 Å². The van der Waals surface area contributed by atoms with Gasteiger partial charge in [-0.15, -0.1) is 0 Å². The van der Waals surface area contributed by atoms with Crippen molar-refractivity contribution in [1.29, 1.82) is 0 Å². The fraction of sp³-hybridized carbons (Fsp3) is 0.667. The third-order valence-corrected chi connectivity index (χ3v) is 3.13. The van der Waals surface area contributed by atoms with Gasteiger partial charge in [-0.2, -0.15) is 0 Å². The third-order valence-electron chi connectivity index (χ3n) is 3.13. The van der Waals surface area contributed by atoms with Gasteiger partial charge >= 0.3 is 0 Å². The smallest absolute Gasteiger partial charge is 0.0935 e. The Morgan fingerprint density at radius 1 is 1.43 bits per heavy atom. The molecule has 0 bridgehead atoms. The second kappa shape index (κ2) is 4.18. The summed E-state index contributed by atoms with van der Waals surface area (Å²) in [6.07, 6.45) is 10.0. The van der Waals surface area contributed by atoms with Crippen LogP contribution in [0, 0.1) is 0 Å². The largest absolute Gasteiger partial charge is 0.472 e. The van der Waals surface area contributed by atoms with Crippen LogP contribution in [0.25, 0.3) is 0 Å². The summed E-state index contributed by atoms with van der Waals surface area (Å²) in [5.74, 6) is 0. The molecule has 0 spiro atoms. The first-order chi connectivity index (χ1) is 6.79. The van der Waals surface area contributed by atoms with E-state index >= 15 is 0 Å². The third kappa shape index (κ3) is 2.38. The van der Waals surface area contributed by atoms with Crippen molar-refractivity contribution >= 4 is 0 Å². The van der Waals surface area contributed by atoms with Gasteiger partial charge in [0.1, 0.15) is 0 Å². The Kier molecular flexibility index (Phi) is 2.92. The fourth-order valence-electron chi connectivity index (χ4n) is 2.29. The zero-order chi connectivity index (χ0) is 9.86. The lowest BCUT2D eigenvalue weighted by Gasteiger charge is -2.28. The minimum atomic E-state index is 0.278. The van der Waals surface area contributed by atoms with E-state index in [0.717, 1.165) is 13.0 Å². The quantitative estimate of drug-likeness (QED) is 0.781. The van der Waals surface area contributed by atoms with Gasteiger partial charge in [0.15, 0.2) is 0 Å². The predicted molar refractivity (Wildman–Crippen MR) is 57.3 cm³/mol. The molecule has 1 aliphatic heterocycles. The number of hydrogen-bond acceptors (Lipinski definition) is 2. The Balaban J connectivity index is 1.99. The van der Waals surface area contributed by atoms with Crippen LogP contribution in [-0.4, -0.2) is 12.1 Å². The molecule has 14 heavy (non-hydrogen) atoms. The molecule has 1 fully saturated rings. The van der Waals surface area contributed by atoms with E-state index in [2.05, 4.69) is 18.3 Å². The SMILES string of the molecule is CC1(Cc2ccoc2)CCCCCN1. The average Bonchev–Trinajstić information content (AvgIpc) is 2.55. The molecule has 0 radical (unpaired) electrons. The van der Waals surface area contributed by atoms with E-state index in [0.29, 0.717) is 0 Å². The van der Waals surface area contributed by atoms with Gasteiger partial charge < -0.3 is 9.73 Å². The molecule has 0 saturated carbocycles. The molecule has 1 N–H and O–H groups in total. The maximum atomic E-state index is 5.10.